The van der Waals surface area contributed by atoms with E-state index >= 15 is 0 Å². The van der Waals surface area contributed by atoms with Gasteiger partial charge in [0.1, 0.15) is 0 Å². The van der Waals surface area contributed by atoms with Crippen molar-refractivity contribution < 1.29 is 43.1 Å². The molecule has 0 fully saturated rings. The van der Waals surface area contributed by atoms with Crippen molar-refractivity contribution in [3.63, 3.8) is 0 Å². The highest BCUT2D eigenvalue weighted by atomic mass is 35.5. The Bertz CT molecular complexity index is 1320. The van der Waals surface area contributed by atoms with Crippen LogP contribution < -0.4 is 15.2 Å². The smallest absolute Gasteiger partial charge is 0.415 e. The standard InChI is InChI=1S/C33H46ClN3O9.ClH/c1-41-16-12-36(13-17-42-2)31(39)33(32(40)37(14-18-43-3)15-19-44-4)45-29-26(21-27(38)22-8-7-9-23(34)20-22)24-10-5-6-11-25(24)28(35)30(29)46-33;/h7-9,20,27,38H,5-6,10-19,21,35H2,1-4H3;1H. The molecule has 0 spiro atoms. The quantitative estimate of drug-likeness (QED) is 0.187. The summed E-state index contributed by atoms with van der Waals surface area (Å²) in [6.07, 6.45) is 2.39. The highest BCUT2D eigenvalue weighted by Gasteiger charge is 2.61. The number of nitrogen functional groups attached to an aromatic ring is 1. The molecule has 47 heavy (non-hydrogen) atoms. The highest BCUT2D eigenvalue weighted by Crippen LogP contribution is 2.52. The van der Waals surface area contributed by atoms with E-state index in [1.807, 2.05) is 0 Å². The maximum Gasteiger partial charge on any atom is 0.415 e. The molecule has 3 N–H and O–H groups in total. The predicted molar refractivity (Wildman–Crippen MR) is 180 cm³/mol. The van der Waals surface area contributed by atoms with Crippen LogP contribution in [0.2, 0.25) is 5.02 Å². The molecule has 12 nitrogen and oxygen atoms in total. The van der Waals surface area contributed by atoms with Crippen LogP contribution >= 0.6 is 24.0 Å². The Balaban J connectivity index is 0.00000600. The molecule has 14 heteroatoms. The van der Waals surface area contributed by atoms with E-state index in [1.54, 1.807) is 24.3 Å². The van der Waals surface area contributed by atoms with Gasteiger partial charge in [0.15, 0.2) is 11.5 Å². The zero-order valence-corrected chi connectivity index (χ0v) is 29.1. The first kappa shape index (κ1) is 38.6. The number of nitrogens with zero attached hydrogens (tertiary/aromatic N) is 2. The number of methoxy groups -OCH3 is 4. The summed E-state index contributed by atoms with van der Waals surface area (Å²) >= 11 is 6.24. The number of hydrogen-bond donors (Lipinski definition) is 2. The number of nitrogens with two attached hydrogens (primary N) is 1. The van der Waals surface area contributed by atoms with Crippen molar-refractivity contribution in [2.45, 2.75) is 44.0 Å². The highest BCUT2D eigenvalue weighted by molar-refractivity contribution is 6.30. The lowest BCUT2D eigenvalue weighted by atomic mass is 9.84. The van der Waals surface area contributed by atoms with Crippen LogP contribution in [0.3, 0.4) is 0 Å². The maximum absolute atomic E-state index is 14.6. The first-order valence-electron chi connectivity index (χ1n) is 15.5. The third-order valence-corrected chi connectivity index (χ3v) is 8.64. The molecule has 262 valence electrons. The maximum atomic E-state index is 14.6. The zero-order valence-electron chi connectivity index (χ0n) is 27.6. The fraction of sp³-hybridized carbons (Fsp3) is 0.576. The summed E-state index contributed by atoms with van der Waals surface area (Å²) in [6.45, 7) is 1.43. The number of anilines is 1. The van der Waals surface area contributed by atoms with Crippen molar-refractivity contribution in [3.05, 3.63) is 51.5 Å². The number of carbonyl (C=O) groups excluding carboxylic acids is 2. The van der Waals surface area contributed by atoms with Gasteiger partial charge in [-0.25, -0.2) is 0 Å². The topological polar surface area (TPSA) is 142 Å². The van der Waals surface area contributed by atoms with Crippen LogP contribution in [0.5, 0.6) is 11.5 Å². The molecule has 1 aliphatic carbocycles. The molecule has 0 aromatic heterocycles. The largest absolute Gasteiger partial charge is 0.433 e. The Morgan fingerprint density at radius 2 is 1.36 bits per heavy atom. The molecule has 1 unspecified atom stereocenters. The second kappa shape index (κ2) is 18.1. The molecule has 2 aromatic carbocycles. The minimum absolute atomic E-state index is 0. The first-order valence-corrected chi connectivity index (χ1v) is 15.9. The summed E-state index contributed by atoms with van der Waals surface area (Å²) in [5.74, 6) is -3.59. The third-order valence-electron chi connectivity index (χ3n) is 8.40. The lowest BCUT2D eigenvalue weighted by Crippen LogP contribution is -2.65. The Morgan fingerprint density at radius 1 is 0.872 bits per heavy atom. The minimum atomic E-state index is -2.45. The van der Waals surface area contributed by atoms with Gasteiger partial charge in [0.05, 0.1) is 38.2 Å². The summed E-state index contributed by atoms with van der Waals surface area (Å²) in [6, 6.07) is 7.01. The summed E-state index contributed by atoms with van der Waals surface area (Å²) in [5.41, 5.74) is 10.2. The van der Waals surface area contributed by atoms with Crippen LogP contribution in [0.1, 0.15) is 41.2 Å². The summed E-state index contributed by atoms with van der Waals surface area (Å²) in [4.78, 5) is 32.1. The van der Waals surface area contributed by atoms with Crippen LogP contribution in [0.4, 0.5) is 5.69 Å². The molecule has 2 amide bonds. The van der Waals surface area contributed by atoms with Gasteiger partial charge in [-0.15, -0.1) is 12.4 Å². The SMILES string of the molecule is COCCN(CCOC)C(=O)C1(C(=O)N(CCOC)CCOC)Oc2c(N)c3c(c(CC(O)c4cccc(Cl)c4)c2O1)CCCC3.Cl. The second-order valence-electron chi connectivity index (χ2n) is 11.4. The average molecular weight is 701 g/mol. The number of fused-ring (bicyclic) bond motifs is 2. The van der Waals surface area contributed by atoms with Crippen LogP contribution in [0.15, 0.2) is 24.3 Å². The Hall–Kier alpha value is -2.84. The number of hydrogen-bond acceptors (Lipinski definition) is 10. The van der Waals surface area contributed by atoms with Gasteiger partial charge in [-0.2, -0.15) is 0 Å². The third kappa shape index (κ3) is 8.61. The van der Waals surface area contributed by atoms with E-state index in [2.05, 4.69) is 0 Å². The number of benzene rings is 2. The molecule has 2 aliphatic rings. The number of ether oxygens (including phenoxy) is 6. The van der Waals surface area contributed by atoms with E-state index in [0.29, 0.717) is 34.7 Å². The van der Waals surface area contributed by atoms with Crippen molar-refractivity contribution in [1.82, 2.24) is 9.80 Å². The van der Waals surface area contributed by atoms with Crippen LogP contribution in [0, 0.1) is 0 Å². The number of halogens is 2. The monoisotopic (exact) mass is 699 g/mol. The second-order valence-corrected chi connectivity index (χ2v) is 11.8. The predicted octanol–water partition coefficient (Wildman–Crippen LogP) is 3.21. The lowest BCUT2D eigenvalue weighted by molar-refractivity contribution is -0.187. The van der Waals surface area contributed by atoms with Gasteiger partial charge in [-0.3, -0.25) is 9.59 Å². The fourth-order valence-corrected chi connectivity index (χ4v) is 6.14. The number of aliphatic hydroxyl groups excluding tert-OH is 1. The van der Waals surface area contributed by atoms with E-state index in [-0.39, 0.29) is 82.9 Å². The summed E-state index contributed by atoms with van der Waals surface area (Å²) < 4.78 is 34.1. The van der Waals surface area contributed by atoms with Gasteiger partial charge in [-0.05, 0) is 54.5 Å². The van der Waals surface area contributed by atoms with Gasteiger partial charge < -0.3 is 49.1 Å². The van der Waals surface area contributed by atoms with Gasteiger partial charge in [0.25, 0.3) is 0 Å². The summed E-state index contributed by atoms with van der Waals surface area (Å²) in [7, 11) is 6.10. The molecule has 1 heterocycles. The fourth-order valence-electron chi connectivity index (χ4n) is 5.95. The zero-order chi connectivity index (χ0) is 33.3. The molecule has 0 saturated heterocycles. The van der Waals surface area contributed by atoms with Gasteiger partial charge in [0, 0.05) is 71.6 Å². The molecule has 0 saturated carbocycles. The van der Waals surface area contributed by atoms with Gasteiger partial charge in [-0.1, -0.05) is 23.7 Å². The molecular weight excluding hydrogens is 653 g/mol. The minimum Gasteiger partial charge on any atom is -0.433 e. The van der Waals surface area contributed by atoms with Crippen molar-refractivity contribution in [2.75, 3.05) is 86.8 Å². The van der Waals surface area contributed by atoms with Crippen molar-refractivity contribution >= 4 is 41.5 Å². The van der Waals surface area contributed by atoms with E-state index in [4.69, 9.17) is 45.8 Å². The molecule has 0 radical (unpaired) electrons. The Kier molecular flexibility index (Phi) is 14.8. The van der Waals surface area contributed by atoms with E-state index in [0.717, 1.165) is 24.0 Å². The van der Waals surface area contributed by atoms with Crippen LogP contribution in [0.25, 0.3) is 0 Å². The summed E-state index contributed by atoms with van der Waals surface area (Å²) in [5, 5.41) is 11.9. The number of amides is 2. The van der Waals surface area contributed by atoms with Crippen LogP contribution in [-0.2, 0) is 47.8 Å². The number of aliphatic hydroxyl groups is 1. The Morgan fingerprint density at radius 3 is 1.85 bits per heavy atom. The van der Waals surface area contributed by atoms with E-state index in [1.165, 1.54) is 38.2 Å². The lowest BCUT2D eigenvalue weighted by Gasteiger charge is -2.35. The van der Waals surface area contributed by atoms with E-state index < -0.39 is 23.7 Å². The molecule has 1 aliphatic heterocycles. The van der Waals surface area contributed by atoms with Crippen molar-refractivity contribution in [1.29, 1.82) is 0 Å². The average Bonchev–Trinajstić information content (AvgIpc) is 3.48. The van der Waals surface area contributed by atoms with Gasteiger partial charge >= 0.3 is 17.6 Å². The molecule has 0 bridgehead atoms. The Labute approximate surface area is 287 Å². The molecule has 1 atom stereocenters. The molecular formula is C33H47Cl2N3O9. The normalized spacial score (nSPS) is 15.0. The first-order chi connectivity index (χ1) is 22.2. The van der Waals surface area contributed by atoms with Gasteiger partial charge in [0.2, 0.25) is 0 Å². The number of rotatable bonds is 17. The van der Waals surface area contributed by atoms with E-state index in [9.17, 15) is 14.7 Å². The molecule has 4 rings (SSSR count). The van der Waals surface area contributed by atoms with Crippen molar-refractivity contribution in [2.24, 2.45) is 0 Å². The number of carbonyl (C=O) groups is 2. The van der Waals surface area contributed by atoms with Crippen molar-refractivity contribution in [3.8, 4) is 11.5 Å². The molecule has 2 aromatic rings. The van der Waals surface area contributed by atoms with Crippen LogP contribution in [-0.4, -0.2) is 114 Å².